The fourth-order valence-electron chi connectivity index (χ4n) is 5.63. The van der Waals surface area contributed by atoms with Gasteiger partial charge in [0.15, 0.2) is 0 Å². The lowest BCUT2D eigenvalue weighted by molar-refractivity contribution is -0.0375. The maximum atomic E-state index is 6.53. The normalized spacial score (nSPS) is 31.0. The molecule has 0 bridgehead atoms. The molecule has 0 N–H and O–H groups in total. The molecule has 4 atom stereocenters. The van der Waals surface area contributed by atoms with Gasteiger partial charge in [0.05, 0.1) is 24.9 Å². The highest BCUT2D eigenvalue weighted by Gasteiger charge is 2.44. The van der Waals surface area contributed by atoms with Crippen molar-refractivity contribution in [2.24, 2.45) is 17.8 Å². The minimum absolute atomic E-state index is 0.275. The minimum Gasteiger partial charge on any atom is -0.497 e. The number of benzene rings is 1. The quantitative estimate of drug-likeness (QED) is 0.643. The highest BCUT2D eigenvalue weighted by atomic mass is 16.5. The first-order chi connectivity index (χ1) is 15.2. The highest BCUT2D eigenvalue weighted by Crippen LogP contribution is 2.44. The summed E-state index contributed by atoms with van der Waals surface area (Å²) in [5.41, 5.74) is 2.55. The molecule has 2 aromatic rings. The Morgan fingerprint density at radius 2 is 1.77 bits per heavy atom. The van der Waals surface area contributed by atoms with Crippen LogP contribution in [0, 0.1) is 17.8 Å². The van der Waals surface area contributed by atoms with Crippen LogP contribution in [0.5, 0.6) is 5.75 Å². The van der Waals surface area contributed by atoms with Gasteiger partial charge in [-0.15, -0.1) is 5.10 Å². The zero-order valence-corrected chi connectivity index (χ0v) is 18.5. The first kappa shape index (κ1) is 19.7. The van der Waals surface area contributed by atoms with Gasteiger partial charge in [-0.2, -0.15) is 0 Å². The third kappa shape index (κ3) is 4.37. The molecular weight excluding hydrogens is 388 g/mol. The van der Waals surface area contributed by atoms with Crippen LogP contribution < -0.4 is 4.74 Å². The van der Waals surface area contributed by atoms with Gasteiger partial charge in [0.25, 0.3) is 0 Å². The lowest BCUT2D eigenvalue weighted by Gasteiger charge is -2.37. The van der Waals surface area contributed by atoms with E-state index < -0.39 is 0 Å². The summed E-state index contributed by atoms with van der Waals surface area (Å²) >= 11 is 0. The molecule has 0 amide bonds. The van der Waals surface area contributed by atoms with Crippen LogP contribution in [-0.2, 0) is 11.3 Å². The molecule has 0 spiro atoms. The van der Waals surface area contributed by atoms with Crippen molar-refractivity contribution < 1.29 is 9.47 Å². The lowest BCUT2D eigenvalue weighted by Crippen LogP contribution is -2.38. The molecule has 1 aliphatic heterocycles. The predicted molar refractivity (Wildman–Crippen MR) is 118 cm³/mol. The molecule has 3 saturated carbocycles. The van der Waals surface area contributed by atoms with Gasteiger partial charge in [0, 0.05) is 38.4 Å². The molecule has 4 fully saturated rings. The van der Waals surface area contributed by atoms with E-state index in [0.717, 1.165) is 49.5 Å². The van der Waals surface area contributed by atoms with Crippen molar-refractivity contribution in [1.82, 2.24) is 19.9 Å². The summed E-state index contributed by atoms with van der Waals surface area (Å²) in [7, 11) is 1.72. The number of likely N-dealkylation sites (tertiary alicyclic amines) is 1. The molecule has 2 heterocycles. The van der Waals surface area contributed by atoms with Crippen molar-refractivity contribution in [2.45, 2.75) is 63.1 Å². The standard InChI is InChI=1S/C25H34N4O2/c1-30-22-8-4-17(5-9-22)12-28-13-20-10-24(29-15-23(26-27-29)19-6-7-19)25(11-21(20)14-28)31-16-18-2-3-18/h4-5,8-9,15,18-21,24-25H,2-3,6-7,10-14,16H2,1H3/t20-,21+,24-,25-/m1/s1. The van der Waals surface area contributed by atoms with E-state index in [1.807, 2.05) is 0 Å². The van der Waals surface area contributed by atoms with Gasteiger partial charge in [-0.1, -0.05) is 17.3 Å². The van der Waals surface area contributed by atoms with E-state index >= 15 is 0 Å². The summed E-state index contributed by atoms with van der Waals surface area (Å²) in [6.45, 7) is 4.30. The Kier molecular flexibility index (Phi) is 5.23. The first-order valence-electron chi connectivity index (χ1n) is 12.1. The van der Waals surface area contributed by atoms with Crippen LogP contribution >= 0.6 is 0 Å². The molecule has 0 radical (unpaired) electrons. The number of hydrogen-bond donors (Lipinski definition) is 0. The van der Waals surface area contributed by atoms with Gasteiger partial charge in [-0.05, 0) is 74.0 Å². The van der Waals surface area contributed by atoms with E-state index in [2.05, 4.69) is 50.4 Å². The van der Waals surface area contributed by atoms with E-state index in [1.165, 1.54) is 50.0 Å². The Bertz CT molecular complexity index is 889. The summed E-state index contributed by atoms with van der Waals surface area (Å²) in [6.07, 6.45) is 10.0. The number of fused-ring (bicyclic) bond motifs is 1. The summed E-state index contributed by atoms with van der Waals surface area (Å²) in [5.74, 6) is 3.83. The van der Waals surface area contributed by atoms with E-state index in [1.54, 1.807) is 7.11 Å². The summed E-state index contributed by atoms with van der Waals surface area (Å²) in [5, 5.41) is 9.08. The fourth-order valence-corrected chi connectivity index (χ4v) is 5.63. The lowest BCUT2D eigenvalue weighted by atomic mass is 9.77. The molecule has 6 heteroatoms. The topological polar surface area (TPSA) is 52.4 Å². The Morgan fingerprint density at radius 1 is 1.00 bits per heavy atom. The molecule has 0 unspecified atom stereocenters. The zero-order chi connectivity index (χ0) is 20.8. The van der Waals surface area contributed by atoms with Crippen LogP contribution in [-0.4, -0.2) is 52.8 Å². The maximum absolute atomic E-state index is 6.53. The number of methoxy groups -OCH3 is 1. The van der Waals surface area contributed by atoms with Gasteiger partial charge in [-0.25, -0.2) is 4.68 Å². The van der Waals surface area contributed by atoms with Crippen LogP contribution in [0.3, 0.4) is 0 Å². The van der Waals surface area contributed by atoms with E-state index in [9.17, 15) is 0 Å². The highest BCUT2D eigenvalue weighted by molar-refractivity contribution is 5.27. The second kappa shape index (κ2) is 8.21. The van der Waals surface area contributed by atoms with Gasteiger partial charge in [0.2, 0.25) is 0 Å². The van der Waals surface area contributed by atoms with Crippen LogP contribution in [0.4, 0.5) is 0 Å². The fraction of sp³-hybridized carbons (Fsp3) is 0.680. The van der Waals surface area contributed by atoms with Gasteiger partial charge in [0.1, 0.15) is 5.75 Å². The van der Waals surface area contributed by atoms with Crippen molar-refractivity contribution in [1.29, 1.82) is 0 Å². The molecule has 166 valence electrons. The number of nitrogens with zero attached hydrogens (tertiary/aromatic N) is 4. The Labute approximate surface area is 184 Å². The summed E-state index contributed by atoms with van der Waals surface area (Å²) < 4.78 is 14.0. The van der Waals surface area contributed by atoms with E-state index in [-0.39, 0.29) is 6.10 Å². The molecule has 3 aliphatic carbocycles. The monoisotopic (exact) mass is 422 g/mol. The van der Waals surface area contributed by atoms with Crippen molar-refractivity contribution in [3.63, 3.8) is 0 Å². The molecule has 1 saturated heterocycles. The van der Waals surface area contributed by atoms with Crippen LogP contribution in [0.25, 0.3) is 0 Å². The van der Waals surface area contributed by atoms with Crippen LogP contribution in [0.15, 0.2) is 30.5 Å². The van der Waals surface area contributed by atoms with Crippen molar-refractivity contribution in [2.75, 3.05) is 26.8 Å². The van der Waals surface area contributed by atoms with E-state index in [0.29, 0.717) is 12.0 Å². The van der Waals surface area contributed by atoms with Crippen molar-refractivity contribution in [3.8, 4) is 5.75 Å². The Balaban J connectivity index is 1.14. The van der Waals surface area contributed by atoms with Crippen LogP contribution in [0.1, 0.15) is 61.7 Å². The third-order valence-electron chi connectivity index (χ3n) is 7.83. The number of hydrogen-bond acceptors (Lipinski definition) is 5. The molecule has 6 nitrogen and oxygen atoms in total. The maximum Gasteiger partial charge on any atom is 0.118 e. The van der Waals surface area contributed by atoms with Gasteiger partial charge >= 0.3 is 0 Å². The SMILES string of the molecule is COc1ccc(CN2C[C@H]3C[C@@H](n4cc(C5CC5)nn4)[C@H](OCC4CC4)C[C@H]3C2)cc1. The third-order valence-corrected chi connectivity index (χ3v) is 7.83. The molecule has 1 aromatic heterocycles. The summed E-state index contributed by atoms with van der Waals surface area (Å²) in [4.78, 5) is 2.63. The average molecular weight is 423 g/mol. The van der Waals surface area contributed by atoms with Crippen LogP contribution in [0.2, 0.25) is 0 Å². The Hall–Kier alpha value is -1.92. The predicted octanol–water partition coefficient (Wildman–Crippen LogP) is 4.04. The van der Waals surface area contributed by atoms with Gasteiger partial charge < -0.3 is 9.47 Å². The second-order valence-electron chi connectivity index (χ2n) is 10.3. The number of ether oxygens (including phenoxy) is 2. The number of aromatic nitrogens is 3. The van der Waals surface area contributed by atoms with E-state index in [4.69, 9.17) is 9.47 Å². The molecule has 4 aliphatic rings. The summed E-state index contributed by atoms with van der Waals surface area (Å²) in [6, 6.07) is 8.86. The molecule has 1 aromatic carbocycles. The smallest absolute Gasteiger partial charge is 0.118 e. The van der Waals surface area contributed by atoms with Gasteiger partial charge in [-0.3, -0.25) is 4.90 Å². The molecular formula is C25H34N4O2. The minimum atomic E-state index is 0.275. The number of rotatable bonds is 8. The largest absolute Gasteiger partial charge is 0.497 e. The average Bonchev–Trinajstić information content (AvgIpc) is 3.72. The second-order valence-corrected chi connectivity index (χ2v) is 10.3. The molecule has 31 heavy (non-hydrogen) atoms. The zero-order valence-electron chi connectivity index (χ0n) is 18.5. The Morgan fingerprint density at radius 3 is 2.48 bits per heavy atom. The van der Waals surface area contributed by atoms with Crippen molar-refractivity contribution in [3.05, 3.63) is 41.7 Å². The first-order valence-corrected chi connectivity index (χ1v) is 12.1. The van der Waals surface area contributed by atoms with Crippen molar-refractivity contribution >= 4 is 0 Å². The molecule has 6 rings (SSSR count).